The van der Waals surface area contributed by atoms with Crippen molar-refractivity contribution in [2.24, 2.45) is 0 Å². The first-order valence-corrected chi connectivity index (χ1v) is 3.46. The third-order valence-electron chi connectivity index (χ3n) is 0. The maximum atomic E-state index is 2.00. The van der Waals surface area contributed by atoms with Crippen LogP contribution in [0.4, 0.5) is 0 Å². The van der Waals surface area contributed by atoms with Crippen LogP contribution in [0.3, 0.4) is 0 Å². The van der Waals surface area contributed by atoms with Crippen LogP contribution in [0.15, 0.2) is 0 Å². The predicted molar refractivity (Wildman–Crippen MR) is 59.4 cm³/mol. The van der Waals surface area contributed by atoms with Crippen LogP contribution in [0.25, 0.3) is 0 Å². The summed E-state index contributed by atoms with van der Waals surface area (Å²) in [4.78, 5) is 0. The minimum Gasteiger partial charge on any atom is -0.0776 e. The number of rotatable bonds is 0. The summed E-state index contributed by atoms with van der Waals surface area (Å²) in [5, 5.41) is 0. The molecule has 11 heavy (non-hydrogen) atoms. The molecule has 0 unspecified atom stereocenters. The molecule has 69 valence electrons. The molecule has 0 aromatic heterocycles. The SMILES string of the molecule is C.C[CH]C.C[CH]C.C[CH]C.[Sn]. The van der Waals surface area contributed by atoms with Crippen molar-refractivity contribution in [3.05, 3.63) is 19.3 Å². The Bertz CT molecular complexity index is 9.59. The zero-order valence-corrected chi connectivity index (χ0v) is 11.1. The molecule has 0 spiro atoms. The van der Waals surface area contributed by atoms with Crippen LogP contribution >= 0.6 is 0 Å². The first-order chi connectivity index (χ1) is 4.24. The Balaban J connectivity index is -0.0000000150. The van der Waals surface area contributed by atoms with Gasteiger partial charge in [0.2, 0.25) is 0 Å². The van der Waals surface area contributed by atoms with E-state index in [0.29, 0.717) is 0 Å². The van der Waals surface area contributed by atoms with Crippen molar-refractivity contribution in [2.45, 2.75) is 49.0 Å². The fourth-order valence-electron chi connectivity index (χ4n) is 0. The second-order valence-electron chi connectivity index (χ2n) is 1.73. The van der Waals surface area contributed by atoms with E-state index in [-0.39, 0.29) is 31.3 Å². The van der Waals surface area contributed by atoms with Gasteiger partial charge in [-0.05, 0) is 19.3 Å². The quantitative estimate of drug-likeness (QED) is 0.581. The molecule has 0 aromatic carbocycles. The van der Waals surface area contributed by atoms with Crippen LogP contribution in [-0.4, -0.2) is 23.9 Å². The fourth-order valence-corrected chi connectivity index (χ4v) is 0. The maximum absolute atomic E-state index is 2.00. The summed E-state index contributed by atoms with van der Waals surface area (Å²) < 4.78 is 0. The normalized spacial score (nSPS) is 4.91. The zero-order valence-electron chi connectivity index (χ0n) is 8.23. The van der Waals surface area contributed by atoms with Crippen molar-refractivity contribution in [1.29, 1.82) is 0 Å². The molecule has 0 amide bonds. The standard InChI is InChI=1S/3C3H7.CH4.Sn/c3*1-3-2;;/h3*3H,1-2H3;1H4;. The van der Waals surface area contributed by atoms with Crippen molar-refractivity contribution in [2.75, 3.05) is 0 Å². The van der Waals surface area contributed by atoms with Gasteiger partial charge in [-0.1, -0.05) is 49.0 Å². The Morgan fingerprint density at radius 1 is 0.545 bits per heavy atom. The van der Waals surface area contributed by atoms with Gasteiger partial charge in [0, 0.05) is 23.9 Å². The molecule has 0 rings (SSSR count). The molecule has 0 saturated heterocycles. The minimum atomic E-state index is 0. The topological polar surface area (TPSA) is 0 Å². The van der Waals surface area contributed by atoms with Gasteiger partial charge in [0.25, 0.3) is 0 Å². The Morgan fingerprint density at radius 3 is 0.545 bits per heavy atom. The maximum Gasteiger partial charge on any atom is 0 e. The van der Waals surface area contributed by atoms with Gasteiger partial charge in [-0.25, -0.2) is 0 Å². The van der Waals surface area contributed by atoms with E-state index >= 15 is 0 Å². The number of hydrogen-bond donors (Lipinski definition) is 0. The largest absolute Gasteiger partial charge is 0.0776 e. The summed E-state index contributed by atoms with van der Waals surface area (Å²) in [5.41, 5.74) is 0. The molecule has 7 radical (unpaired) electrons. The molecule has 0 aromatic rings. The average molecular weight is 264 g/mol. The fraction of sp³-hybridized carbons (Fsp3) is 0.700. The van der Waals surface area contributed by atoms with Gasteiger partial charge in [-0.2, -0.15) is 0 Å². The van der Waals surface area contributed by atoms with Gasteiger partial charge in [0.15, 0.2) is 0 Å². The summed E-state index contributed by atoms with van der Waals surface area (Å²) in [6.07, 6.45) is 6.00. The van der Waals surface area contributed by atoms with E-state index in [1.165, 1.54) is 0 Å². The summed E-state index contributed by atoms with van der Waals surface area (Å²) in [6.45, 7) is 12.0. The van der Waals surface area contributed by atoms with Crippen LogP contribution in [0.1, 0.15) is 49.0 Å². The summed E-state index contributed by atoms with van der Waals surface area (Å²) in [7, 11) is 0. The van der Waals surface area contributed by atoms with Gasteiger partial charge >= 0.3 is 0 Å². The van der Waals surface area contributed by atoms with Crippen molar-refractivity contribution < 1.29 is 0 Å². The first-order valence-electron chi connectivity index (χ1n) is 3.46. The van der Waals surface area contributed by atoms with E-state index < -0.39 is 0 Å². The second-order valence-corrected chi connectivity index (χ2v) is 1.73. The molecular formula is C10H25Sn. The van der Waals surface area contributed by atoms with E-state index in [9.17, 15) is 0 Å². The molecule has 1 heteroatoms. The Hall–Kier alpha value is 0.799. The molecule has 0 heterocycles. The van der Waals surface area contributed by atoms with E-state index in [2.05, 4.69) is 0 Å². The Morgan fingerprint density at radius 2 is 0.545 bits per heavy atom. The third-order valence-corrected chi connectivity index (χ3v) is 0. The molecule has 0 fully saturated rings. The van der Waals surface area contributed by atoms with Gasteiger partial charge in [0.1, 0.15) is 0 Å². The average Bonchev–Trinajstić information content (AvgIpc) is 1.70. The molecule has 0 atom stereocenters. The molecule has 0 nitrogen and oxygen atoms in total. The monoisotopic (exact) mass is 265 g/mol. The van der Waals surface area contributed by atoms with Gasteiger partial charge < -0.3 is 0 Å². The molecule has 0 bridgehead atoms. The van der Waals surface area contributed by atoms with Crippen molar-refractivity contribution in [1.82, 2.24) is 0 Å². The van der Waals surface area contributed by atoms with Crippen molar-refractivity contribution in [3.63, 3.8) is 0 Å². The molecular weight excluding hydrogens is 239 g/mol. The molecule has 0 saturated carbocycles. The van der Waals surface area contributed by atoms with E-state index in [4.69, 9.17) is 0 Å². The number of hydrogen-bond acceptors (Lipinski definition) is 0. The first kappa shape index (κ1) is 29.8. The van der Waals surface area contributed by atoms with E-state index in [1.807, 2.05) is 60.8 Å². The van der Waals surface area contributed by atoms with E-state index in [0.717, 1.165) is 0 Å². The predicted octanol–water partition coefficient (Wildman–Crippen LogP) is 3.95. The molecule has 0 aliphatic heterocycles. The van der Waals surface area contributed by atoms with Gasteiger partial charge in [-0.3, -0.25) is 0 Å². The van der Waals surface area contributed by atoms with Crippen LogP contribution in [0, 0.1) is 19.3 Å². The van der Waals surface area contributed by atoms with Crippen molar-refractivity contribution >= 4 is 23.9 Å². The van der Waals surface area contributed by atoms with Crippen LogP contribution < -0.4 is 0 Å². The van der Waals surface area contributed by atoms with Gasteiger partial charge in [0.05, 0.1) is 0 Å². The third kappa shape index (κ3) is 1310. The summed E-state index contributed by atoms with van der Waals surface area (Å²) >= 11 is 0. The second kappa shape index (κ2) is 71.9. The minimum absolute atomic E-state index is 0. The Kier molecular flexibility index (Phi) is 194. The van der Waals surface area contributed by atoms with Crippen molar-refractivity contribution in [3.8, 4) is 0 Å². The molecule has 0 aliphatic carbocycles. The summed E-state index contributed by atoms with van der Waals surface area (Å²) in [5.74, 6) is 0. The zero-order chi connectivity index (χ0) is 8.12. The molecule has 0 aliphatic rings. The van der Waals surface area contributed by atoms with Gasteiger partial charge in [-0.15, -0.1) is 0 Å². The molecule has 0 N–H and O–H groups in total. The van der Waals surface area contributed by atoms with Crippen LogP contribution in [-0.2, 0) is 0 Å². The van der Waals surface area contributed by atoms with E-state index in [1.54, 1.807) is 0 Å². The summed E-state index contributed by atoms with van der Waals surface area (Å²) in [6, 6.07) is 0. The Labute approximate surface area is 92.1 Å². The van der Waals surface area contributed by atoms with Crippen LogP contribution in [0.2, 0.25) is 0 Å². The smallest absolute Gasteiger partial charge is 0 e. The van der Waals surface area contributed by atoms with Crippen LogP contribution in [0.5, 0.6) is 0 Å².